The van der Waals surface area contributed by atoms with Crippen molar-refractivity contribution in [2.24, 2.45) is 0 Å². The van der Waals surface area contributed by atoms with Crippen LogP contribution >= 0.6 is 23.1 Å². The Kier molecular flexibility index (Phi) is 6.88. The second-order valence-corrected chi connectivity index (χ2v) is 5.89. The fraction of sp³-hybridized carbons (Fsp3) is 0.462. The van der Waals surface area contributed by atoms with E-state index >= 15 is 0 Å². The van der Waals surface area contributed by atoms with E-state index in [-0.39, 0.29) is 18.6 Å². The smallest absolute Gasteiger partial charge is 0.262 e. The van der Waals surface area contributed by atoms with Crippen LogP contribution in [-0.2, 0) is 0 Å². The highest BCUT2D eigenvalue weighted by Crippen LogP contribution is 2.16. The molecule has 98 valence electrons. The van der Waals surface area contributed by atoms with Gasteiger partial charge in [0, 0.05) is 17.4 Å². The summed E-state index contributed by atoms with van der Waals surface area (Å²) in [5.74, 6) is 7.22. The second kappa shape index (κ2) is 8.20. The fourth-order valence-electron chi connectivity index (χ4n) is 1.34. The van der Waals surface area contributed by atoms with Crippen molar-refractivity contribution in [1.29, 1.82) is 0 Å². The molecule has 1 aromatic rings. The van der Waals surface area contributed by atoms with E-state index in [4.69, 9.17) is 5.11 Å². The molecule has 0 spiro atoms. The number of aliphatic hydroxyl groups is 1. The van der Waals surface area contributed by atoms with Gasteiger partial charge >= 0.3 is 0 Å². The molecule has 0 aromatic carbocycles. The van der Waals surface area contributed by atoms with Gasteiger partial charge in [-0.15, -0.1) is 11.3 Å². The summed E-state index contributed by atoms with van der Waals surface area (Å²) in [6, 6.07) is 1.94. The molecule has 5 heteroatoms. The Morgan fingerprint density at radius 1 is 1.67 bits per heavy atom. The molecule has 1 atom stereocenters. The summed E-state index contributed by atoms with van der Waals surface area (Å²) in [5, 5.41) is 13.5. The lowest BCUT2D eigenvalue weighted by atomic mass is 10.2. The molecule has 0 fully saturated rings. The van der Waals surface area contributed by atoms with Crippen LogP contribution in [0.3, 0.4) is 0 Å². The van der Waals surface area contributed by atoms with Gasteiger partial charge in [-0.2, -0.15) is 11.8 Å². The van der Waals surface area contributed by atoms with Crippen molar-refractivity contribution in [3.63, 3.8) is 0 Å². The summed E-state index contributed by atoms with van der Waals surface area (Å²) in [5.41, 5.74) is 0.682. The number of thioether (sulfide) groups is 1. The molecular weight excluding hydrogens is 266 g/mol. The maximum atomic E-state index is 12.0. The third kappa shape index (κ3) is 4.73. The Labute approximate surface area is 116 Å². The summed E-state index contributed by atoms with van der Waals surface area (Å²) < 4.78 is 0. The number of thiophene rings is 1. The zero-order valence-electron chi connectivity index (χ0n) is 10.5. The highest BCUT2D eigenvalue weighted by atomic mass is 32.2. The van der Waals surface area contributed by atoms with E-state index in [1.807, 2.05) is 12.3 Å². The minimum Gasteiger partial charge on any atom is -0.384 e. The van der Waals surface area contributed by atoms with Crippen LogP contribution in [0.5, 0.6) is 0 Å². The van der Waals surface area contributed by atoms with Crippen LogP contribution in [0, 0.1) is 11.8 Å². The summed E-state index contributed by atoms with van der Waals surface area (Å²) in [7, 11) is 0. The van der Waals surface area contributed by atoms with Gasteiger partial charge in [0.1, 0.15) is 11.5 Å². The fourth-order valence-corrected chi connectivity index (χ4v) is 2.77. The average molecular weight is 283 g/mol. The van der Waals surface area contributed by atoms with E-state index in [2.05, 4.69) is 24.1 Å². The topological polar surface area (TPSA) is 49.3 Å². The number of nitrogens with one attached hydrogen (secondary N) is 1. The van der Waals surface area contributed by atoms with E-state index in [9.17, 15) is 4.79 Å². The molecular formula is C13H17NO2S2. The first-order valence-corrected chi connectivity index (χ1v) is 7.78. The standard InChI is InChI=1S/C13H17NO2S2/c1-3-17-9-10(2)14-13(16)12-11(5-4-7-15)6-8-18-12/h6,8,10,15H,3,7,9H2,1-2H3,(H,14,16). The SMILES string of the molecule is CCSCC(C)NC(=O)c1sccc1C#CCO. The Hall–Kier alpha value is -0.960. The first-order chi connectivity index (χ1) is 8.69. The van der Waals surface area contributed by atoms with Crippen molar-refractivity contribution < 1.29 is 9.90 Å². The van der Waals surface area contributed by atoms with Gasteiger partial charge in [-0.25, -0.2) is 0 Å². The van der Waals surface area contributed by atoms with Crippen LogP contribution in [0.1, 0.15) is 29.1 Å². The Morgan fingerprint density at radius 3 is 3.11 bits per heavy atom. The third-order valence-electron chi connectivity index (χ3n) is 2.12. The van der Waals surface area contributed by atoms with Gasteiger partial charge in [-0.3, -0.25) is 4.79 Å². The third-order valence-corrected chi connectivity index (χ3v) is 4.18. The Balaban J connectivity index is 2.64. The molecule has 2 N–H and O–H groups in total. The maximum Gasteiger partial charge on any atom is 0.262 e. The molecule has 1 aromatic heterocycles. The largest absolute Gasteiger partial charge is 0.384 e. The number of amides is 1. The monoisotopic (exact) mass is 283 g/mol. The van der Waals surface area contributed by atoms with Gasteiger partial charge in [0.05, 0.1) is 0 Å². The summed E-state index contributed by atoms with van der Waals surface area (Å²) in [6.45, 7) is 3.90. The minimum atomic E-state index is -0.194. The van der Waals surface area contributed by atoms with Crippen LogP contribution in [0.15, 0.2) is 11.4 Å². The van der Waals surface area contributed by atoms with E-state index in [0.717, 1.165) is 11.5 Å². The summed E-state index contributed by atoms with van der Waals surface area (Å²) in [6.07, 6.45) is 0. The van der Waals surface area contributed by atoms with Crippen molar-refractivity contribution in [2.45, 2.75) is 19.9 Å². The van der Waals surface area contributed by atoms with Crippen LogP contribution in [0.25, 0.3) is 0 Å². The first-order valence-electron chi connectivity index (χ1n) is 5.74. The van der Waals surface area contributed by atoms with Crippen molar-refractivity contribution >= 4 is 29.0 Å². The van der Waals surface area contributed by atoms with E-state index < -0.39 is 0 Å². The van der Waals surface area contributed by atoms with Crippen LogP contribution in [-0.4, -0.2) is 35.2 Å². The Bertz CT molecular complexity index is 445. The molecule has 0 radical (unpaired) electrons. The van der Waals surface area contributed by atoms with Crippen LogP contribution < -0.4 is 5.32 Å². The number of rotatable bonds is 5. The lowest BCUT2D eigenvalue weighted by molar-refractivity contribution is 0.0947. The molecule has 18 heavy (non-hydrogen) atoms. The van der Waals surface area contributed by atoms with Gasteiger partial charge in [-0.1, -0.05) is 18.8 Å². The van der Waals surface area contributed by atoms with Crippen molar-refractivity contribution in [3.05, 3.63) is 21.9 Å². The van der Waals surface area contributed by atoms with Gasteiger partial charge < -0.3 is 10.4 Å². The molecule has 1 rings (SSSR count). The van der Waals surface area contributed by atoms with Crippen molar-refractivity contribution in [2.75, 3.05) is 18.1 Å². The van der Waals surface area contributed by atoms with Gasteiger partial charge in [0.2, 0.25) is 0 Å². The molecule has 0 bridgehead atoms. The predicted octanol–water partition coefficient (Wildman–Crippen LogP) is 1.96. The highest BCUT2D eigenvalue weighted by molar-refractivity contribution is 7.99. The minimum absolute atomic E-state index is 0.0866. The van der Waals surface area contributed by atoms with Crippen molar-refractivity contribution in [1.82, 2.24) is 5.32 Å². The Morgan fingerprint density at radius 2 is 2.44 bits per heavy atom. The summed E-state index contributed by atoms with van der Waals surface area (Å²) >= 11 is 3.17. The molecule has 1 unspecified atom stereocenters. The molecule has 0 aliphatic heterocycles. The quantitative estimate of drug-likeness (QED) is 0.812. The number of aliphatic hydroxyl groups excluding tert-OH is 1. The second-order valence-electron chi connectivity index (χ2n) is 3.66. The van der Waals surface area contributed by atoms with Crippen molar-refractivity contribution in [3.8, 4) is 11.8 Å². The van der Waals surface area contributed by atoms with Crippen LogP contribution in [0.4, 0.5) is 0 Å². The molecule has 0 aliphatic rings. The molecule has 1 heterocycles. The molecule has 0 saturated carbocycles. The molecule has 0 saturated heterocycles. The number of carbonyl (C=O) groups is 1. The number of hydrogen-bond donors (Lipinski definition) is 2. The zero-order chi connectivity index (χ0) is 13.4. The number of hydrogen-bond acceptors (Lipinski definition) is 4. The van der Waals surface area contributed by atoms with E-state index in [1.54, 1.807) is 17.8 Å². The van der Waals surface area contributed by atoms with Gasteiger partial charge in [0.15, 0.2) is 0 Å². The average Bonchev–Trinajstić information content (AvgIpc) is 2.82. The zero-order valence-corrected chi connectivity index (χ0v) is 12.2. The molecule has 1 amide bonds. The van der Waals surface area contributed by atoms with Gasteiger partial charge in [-0.05, 0) is 24.1 Å². The number of carbonyl (C=O) groups excluding carboxylic acids is 1. The molecule has 0 aliphatic carbocycles. The van der Waals surface area contributed by atoms with Gasteiger partial charge in [0.25, 0.3) is 5.91 Å². The highest BCUT2D eigenvalue weighted by Gasteiger charge is 2.14. The first kappa shape index (κ1) is 15.1. The van der Waals surface area contributed by atoms with E-state index in [1.165, 1.54) is 11.3 Å². The van der Waals surface area contributed by atoms with Crippen LogP contribution in [0.2, 0.25) is 0 Å². The lowest BCUT2D eigenvalue weighted by Gasteiger charge is -2.12. The predicted molar refractivity (Wildman–Crippen MR) is 78.2 cm³/mol. The summed E-state index contributed by atoms with van der Waals surface area (Å²) in [4.78, 5) is 12.6. The normalized spacial score (nSPS) is 11.5. The molecule has 3 nitrogen and oxygen atoms in total. The van der Waals surface area contributed by atoms with E-state index in [0.29, 0.717) is 10.4 Å². The maximum absolute atomic E-state index is 12.0. The lowest BCUT2D eigenvalue weighted by Crippen LogP contribution is -2.34.